The number of amides is 5. The van der Waals surface area contributed by atoms with E-state index in [1.165, 1.54) is 0 Å². The second-order valence-electron chi connectivity index (χ2n) is 3.46. The average molecular weight is 257 g/mol. The standard InChI is InChI=1S/C9H11N3O6/c1-4(13)7(18-2)8(16)11-12-6(15)3-5(14)10-9(12)17/h7H,3H2,1-2H3,(H,11,16)(H,10,14,17). The molecule has 0 aliphatic carbocycles. The Morgan fingerprint density at radius 2 is 2.00 bits per heavy atom. The van der Waals surface area contributed by atoms with Crippen LogP contribution in [-0.4, -0.2) is 47.8 Å². The Morgan fingerprint density at radius 3 is 2.44 bits per heavy atom. The molecule has 0 spiro atoms. The van der Waals surface area contributed by atoms with Crippen molar-refractivity contribution in [2.75, 3.05) is 7.11 Å². The van der Waals surface area contributed by atoms with Crippen LogP contribution in [0.1, 0.15) is 13.3 Å². The van der Waals surface area contributed by atoms with E-state index < -0.39 is 42.1 Å². The summed E-state index contributed by atoms with van der Waals surface area (Å²) in [6, 6.07) is -1.08. The van der Waals surface area contributed by atoms with Crippen LogP contribution in [0.5, 0.6) is 0 Å². The number of rotatable bonds is 4. The molecule has 1 saturated heterocycles. The molecule has 1 atom stereocenters. The fourth-order valence-electron chi connectivity index (χ4n) is 1.29. The molecule has 1 rings (SSSR count). The first kappa shape index (κ1) is 13.8. The first-order valence-electron chi connectivity index (χ1n) is 4.87. The Bertz CT molecular complexity index is 412. The SMILES string of the molecule is COC(C(C)=O)C(=O)NN1C(=O)CC(=O)NC1=O. The molecule has 1 heterocycles. The molecule has 98 valence electrons. The van der Waals surface area contributed by atoms with E-state index in [2.05, 4.69) is 4.74 Å². The zero-order chi connectivity index (χ0) is 13.9. The van der Waals surface area contributed by atoms with E-state index in [9.17, 15) is 24.0 Å². The van der Waals surface area contributed by atoms with Gasteiger partial charge in [-0.25, -0.2) is 4.79 Å². The van der Waals surface area contributed by atoms with E-state index in [4.69, 9.17) is 0 Å². The van der Waals surface area contributed by atoms with Crippen LogP contribution < -0.4 is 10.7 Å². The lowest BCUT2D eigenvalue weighted by molar-refractivity contribution is -0.150. The van der Waals surface area contributed by atoms with Gasteiger partial charge in [-0.2, -0.15) is 5.01 Å². The molecular weight excluding hydrogens is 246 g/mol. The number of hydrogen-bond acceptors (Lipinski definition) is 6. The normalized spacial score (nSPS) is 17.2. The molecule has 9 nitrogen and oxygen atoms in total. The van der Waals surface area contributed by atoms with Gasteiger partial charge in [0.15, 0.2) is 11.9 Å². The fourth-order valence-corrected chi connectivity index (χ4v) is 1.29. The van der Waals surface area contributed by atoms with Gasteiger partial charge in [-0.05, 0) is 6.92 Å². The number of nitrogens with zero attached hydrogens (tertiary/aromatic N) is 1. The fraction of sp³-hybridized carbons (Fsp3) is 0.444. The summed E-state index contributed by atoms with van der Waals surface area (Å²) in [6.45, 7) is 1.12. The van der Waals surface area contributed by atoms with Crippen molar-refractivity contribution in [2.24, 2.45) is 0 Å². The number of barbiturate groups is 1. The number of imide groups is 2. The Kier molecular flexibility index (Phi) is 4.10. The van der Waals surface area contributed by atoms with Crippen molar-refractivity contribution in [3.8, 4) is 0 Å². The van der Waals surface area contributed by atoms with Crippen molar-refractivity contribution in [1.82, 2.24) is 15.8 Å². The number of hydrogen-bond donors (Lipinski definition) is 2. The number of nitrogens with one attached hydrogen (secondary N) is 2. The number of ether oxygens (including phenoxy) is 1. The molecule has 1 fully saturated rings. The second kappa shape index (κ2) is 5.36. The van der Waals surface area contributed by atoms with Gasteiger partial charge in [-0.3, -0.25) is 29.9 Å². The highest BCUT2D eigenvalue weighted by molar-refractivity contribution is 6.15. The summed E-state index contributed by atoms with van der Waals surface area (Å²) in [6.07, 6.45) is -1.99. The van der Waals surface area contributed by atoms with Crippen molar-refractivity contribution in [1.29, 1.82) is 0 Å². The molecule has 0 aromatic carbocycles. The maximum Gasteiger partial charge on any atom is 0.350 e. The summed E-state index contributed by atoms with van der Waals surface area (Å²) in [5, 5.41) is 2.17. The Hall–Kier alpha value is -2.29. The zero-order valence-corrected chi connectivity index (χ0v) is 9.68. The van der Waals surface area contributed by atoms with Crippen molar-refractivity contribution in [2.45, 2.75) is 19.4 Å². The Labute approximate surface area is 101 Å². The lowest BCUT2D eigenvalue weighted by Crippen LogP contribution is -2.61. The van der Waals surface area contributed by atoms with Crippen molar-refractivity contribution in [3.05, 3.63) is 0 Å². The molecule has 0 aromatic heterocycles. The molecule has 18 heavy (non-hydrogen) atoms. The molecule has 1 aliphatic heterocycles. The molecule has 0 saturated carbocycles. The number of urea groups is 1. The quantitative estimate of drug-likeness (QED) is 0.567. The number of ketones is 1. The first-order valence-corrected chi connectivity index (χ1v) is 4.87. The van der Waals surface area contributed by atoms with Gasteiger partial charge in [0, 0.05) is 7.11 Å². The minimum absolute atomic E-state index is 0.332. The van der Waals surface area contributed by atoms with Gasteiger partial charge in [0.25, 0.3) is 11.8 Å². The third-order valence-corrected chi connectivity index (χ3v) is 2.08. The molecular formula is C9H11N3O6. The van der Waals surface area contributed by atoms with Crippen molar-refractivity contribution < 1.29 is 28.7 Å². The summed E-state index contributed by atoms with van der Waals surface area (Å²) in [4.78, 5) is 56.0. The van der Waals surface area contributed by atoms with E-state index in [1.807, 2.05) is 10.7 Å². The average Bonchev–Trinajstić information content (AvgIpc) is 2.23. The van der Waals surface area contributed by atoms with Crippen LogP contribution in [-0.2, 0) is 23.9 Å². The van der Waals surface area contributed by atoms with Crippen LogP contribution in [0.4, 0.5) is 4.79 Å². The van der Waals surface area contributed by atoms with Crippen LogP contribution >= 0.6 is 0 Å². The van der Waals surface area contributed by atoms with E-state index in [0.717, 1.165) is 14.0 Å². The Morgan fingerprint density at radius 1 is 1.39 bits per heavy atom. The van der Waals surface area contributed by atoms with Crippen molar-refractivity contribution in [3.63, 3.8) is 0 Å². The van der Waals surface area contributed by atoms with Gasteiger partial charge in [0.1, 0.15) is 6.42 Å². The lowest BCUT2D eigenvalue weighted by atomic mass is 10.2. The number of methoxy groups -OCH3 is 1. The van der Waals surface area contributed by atoms with Crippen LogP contribution in [0.15, 0.2) is 0 Å². The summed E-state index contributed by atoms with van der Waals surface area (Å²) >= 11 is 0. The predicted molar refractivity (Wildman–Crippen MR) is 54.6 cm³/mol. The molecule has 5 amide bonds. The molecule has 9 heteroatoms. The molecule has 0 aromatic rings. The highest BCUT2D eigenvalue weighted by Crippen LogP contribution is 2.01. The van der Waals surface area contributed by atoms with Crippen LogP contribution in [0.25, 0.3) is 0 Å². The van der Waals surface area contributed by atoms with E-state index in [1.54, 1.807) is 0 Å². The topological polar surface area (TPSA) is 122 Å². The molecule has 0 radical (unpaired) electrons. The second-order valence-corrected chi connectivity index (χ2v) is 3.46. The Balaban J connectivity index is 2.75. The smallest absolute Gasteiger partial charge is 0.350 e. The monoisotopic (exact) mass is 257 g/mol. The van der Waals surface area contributed by atoms with Gasteiger partial charge in [-0.1, -0.05) is 0 Å². The number of hydrazine groups is 1. The van der Waals surface area contributed by atoms with Gasteiger partial charge in [0.05, 0.1) is 0 Å². The van der Waals surface area contributed by atoms with Crippen LogP contribution in [0.3, 0.4) is 0 Å². The van der Waals surface area contributed by atoms with Crippen LogP contribution in [0.2, 0.25) is 0 Å². The molecule has 0 bridgehead atoms. The van der Waals surface area contributed by atoms with Gasteiger partial charge >= 0.3 is 6.03 Å². The summed E-state index contributed by atoms with van der Waals surface area (Å²) < 4.78 is 4.61. The third-order valence-electron chi connectivity index (χ3n) is 2.08. The highest BCUT2D eigenvalue weighted by atomic mass is 16.5. The summed E-state index contributed by atoms with van der Waals surface area (Å²) in [5.74, 6) is -3.21. The number of carbonyl (C=O) groups is 5. The predicted octanol–water partition coefficient (Wildman–Crippen LogP) is -1.91. The van der Waals surface area contributed by atoms with E-state index >= 15 is 0 Å². The lowest BCUT2D eigenvalue weighted by Gasteiger charge is -2.25. The molecule has 1 unspecified atom stereocenters. The van der Waals surface area contributed by atoms with Gasteiger partial charge < -0.3 is 4.74 Å². The number of carbonyl (C=O) groups excluding carboxylic acids is 5. The number of Topliss-reactive ketones (excluding diaryl/α,β-unsaturated/α-hetero) is 1. The highest BCUT2D eigenvalue weighted by Gasteiger charge is 2.34. The summed E-state index contributed by atoms with van der Waals surface area (Å²) in [7, 11) is 1.13. The molecule has 2 N–H and O–H groups in total. The van der Waals surface area contributed by atoms with Crippen LogP contribution in [0, 0.1) is 0 Å². The molecule has 1 aliphatic rings. The largest absolute Gasteiger partial charge is 0.364 e. The maximum absolute atomic E-state index is 11.5. The van der Waals surface area contributed by atoms with Gasteiger partial charge in [0.2, 0.25) is 5.91 Å². The van der Waals surface area contributed by atoms with E-state index in [-0.39, 0.29) is 0 Å². The summed E-state index contributed by atoms with van der Waals surface area (Å²) in [5.41, 5.74) is 1.91. The first-order chi connectivity index (χ1) is 8.36. The maximum atomic E-state index is 11.5. The van der Waals surface area contributed by atoms with E-state index in [0.29, 0.717) is 5.01 Å². The minimum atomic E-state index is -1.43. The third kappa shape index (κ3) is 2.88. The minimum Gasteiger partial charge on any atom is -0.364 e. The van der Waals surface area contributed by atoms with Crippen molar-refractivity contribution >= 4 is 29.5 Å². The van der Waals surface area contributed by atoms with Gasteiger partial charge in [-0.15, -0.1) is 0 Å². The zero-order valence-electron chi connectivity index (χ0n) is 9.68.